The molecule has 0 radical (unpaired) electrons. The van der Waals surface area contributed by atoms with Crippen molar-refractivity contribution in [3.63, 3.8) is 0 Å². The van der Waals surface area contributed by atoms with E-state index < -0.39 is 5.60 Å². The van der Waals surface area contributed by atoms with Gasteiger partial charge in [-0.15, -0.1) is 0 Å². The molecule has 0 N–H and O–H groups in total. The summed E-state index contributed by atoms with van der Waals surface area (Å²) in [5.41, 5.74) is 1.18. The SMILES string of the molecule is CC(C)(C)OC(=O)N1CCCC1Cn1nc(Cc2ccc(Cl)cc2)c2ccccc2c1=O. The maximum Gasteiger partial charge on any atom is 0.410 e. The largest absolute Gasteiger partial charge is 0.444 e. The average Bonchev–Trinajstić information content (AvgIpc) is 3.20. The van der Waals surface area contributed by atoms with Gasteiger partial charge in [-0.05, 0) is 57.4 Å². The molecule has 0 bridgehead atoms. The summed E-state index contributed by atoms with van der Waals surface area (Å²) in [6.45, 7) is 6.54. The summed E-state index contributed by atoms with van der Waals surface area (Å²) in [5.74, 6) is 0. The van der Waals surface area contributed by atoms with Crippen molar-refractivity contribution in [3.8, 4) is 0 Å². The molecule has 6 nitrogen and oxygen atoms in total. The molecule has 0 saturated carbocycles. The van der Waals surface area contributed by atoms with Crippen LogP contribution < -0.4 is 5.56 Å². The fraction of sp³-hybridized carbons (Fsp3) is 0.400. The van der Waals surface area contributed by atoms with Crippen LogP contribution in [0.2, 0.25) is 5.02 Å². The van der Waals surface area contributed by atoms with Gasteiger partial charge in [0.1, 0.15) is 5.60 Å². The normalized spacial score (nSPS) is 16.5. The molecule has 1 unspecified atom stereocenters. The Morgan fingerprint density at radius 2 is 1.81 bits per heavy atom. The summed E-state index contributed by atoms with van der Waals surface area (Å²) < 4.78 is 7.09. The van der Waals surface area contributed by atoms with Crippen molar-refractivity contribution in [1.82, 2.24) is 14.7 Å². The van der Waals surface area contributed by atoms with Crippen LogP contribution in [0.25, 0.3) is 10.8 Å². The molecule has 1 amide bonds. The lowest BCUT2D eigenvalue weighted by Crippen LogP contribution is -2.43. The summed E-state index contributed by atoms with van der Waals surface area (Å²) in [6.07, 6.45) is 1.94. The van der Waals surface area contributed by atoms with Crippen LogP contribution >= 0.6 is 11.6 Å². The predicted molar refractivity (Wildman–Crippen MR) is 126 cm³/mol. The van der Waals surface area contributed by atoms with Gasteiger partial charge in [0.05, 0.1) is 23.7 Å². The lowest BCUT2D eigenvalue weighted by molar-refractivity contribution is 0.0210. The summed E-state index contributed by atoms with van der Waals surface area (Å²) in [5, 5.41) is 6.90. The molecule has 1 aromatic heterocycles. The Labute approximate surface area is 192 Å². The number of hydrogen-bond acceptors (Lipinski definition) is 4. The molecule has 1 atom stereocenters. The second kappa shape index (κ2) is 8.94. The van der Waals surface area contributed by atoms with Crippen LogP contribution in [0, 0.1) is 0 Å². The zero-order chi connectivity index (χ0) is 22.9. The van der Waals surface area contributed by atoms with Gasteiger partial charge >= 0.3 is 6.09 Å². The lowest BCUT2D eigenvalue weighted by Gasteiger charge is -2.28. The molecule has 168 valence electrons. The third-order valence-corrected chi connectivity index (χ3v) is 5.87. The van der Waals surface area contributed by atoms with Crippen molar-refractivity contribution < 1.29 is 9.53 Å². The molecule has 3 aromatic rings. The number of rotatable bonds is 4. The molecule has 1 fully saturated rings. The summed E-state index contributed by atoms with van der Waals surface area (Å²) in [7, 11) is 0. The summed E-state index contributed by atoms with van der Waals surface area (Å²) >= 11 is 6.03. The smallest absolute Gasteiger partial charge is 0.410 e. The topological polar surface area (TPSA) is 64.4 Å². The van der Waals surface area contributed by atoms with Crippen LogP contribution in [0.5, 0.6) is 0 Å². The highest BCUT2D eigenvalue weighted by Gasteiger charge is 2.33. The number of likely N-dealkylation sites (tertiary alicyclic amines) is 1. The third kappa shape index (κ3) is 4.96. The Kier molecular flexibility index (Phi) is 6.24. The molecule has 0 spiro atoms. The van der Waals surface area contributed by atoms with Crippen LogP contribution in [0.4, 0.5) is 4.79 Å². The van der Waals surface area contributed by atoms with Crippen LogP contribution in [-0.2, 0) is 17.7 Å². The van der Waals surface area contributed by atoms with E-state index in [0.29, 0.717) is 29.9 Å². The number of nitrogens with zero attached hydrogens (tertiary/aromatic N) is 3. The number of hydrogen-bond donors (Lipinski definition) is 0. The number of halogens is 1. The van der Waals surface area contributed by atoms with Crippen molar-refractivity contribution in [2.45, 2.75) is 58.2 Å². The van der Waals surface area contributed by atoms with E-state index in [4.69, 9.17) is 21.4 Å². The van der Waals surface area contributed by atoms with Gasteiger partial charge in [0.2, 0.25) is 0 Å². The Balaban J connectivity index is 1.66. The fourth-order valence-corrected chi connectivity index (χ4v) is 4.27. The van der Waals surface area contributed by atoms with Crippen molar-refractivity contribution in [2.24, 2.45) is 0 Å². The number of amides is 1. The Bertz CT molecular complexity index is 1180. The first kappa shape index (κ1) is 22.3. The number of aromatic nitrogens is 2. The second-order valence-electron chi connectivity index (χ2n) is 9.25. The predicted octanol–water partition coefficient (Wildman–Crippen LogP) is 5.04. The first-order chi connectivity index (χ1) is 15.2. The van der Waals surface area contributed by atoms with Gasteiger partial charge < -0.3 is 9.64 Å². The molecular weight excluding hydrogens is 426 g/mol. The fourth-order valence-electron chi connectivity index (χ4n) is 4.14. The van der Waals surface area contributed by atoms with E-state index in [1.54, 1.807) is 4.90 Å². The van der Waals surface area contributed by atoms with E-state index in [-0.39, 0.29) is 17.7 Å². The Hall–Kier alpha value is -2.86. The van der Waals surface area contributed by atoms with Gasteiger partial charge in [0.25, 0.3) is 5.56 Å². The maximum atomic E-state index is 13.2. The molecule has 1 aliphatic heterocycles. The average molecular weight is 454 g/mol. The Morgan fingerprint density at radius 1 is 1.12 bits per heavy atom. The van der Waals surface area contributed by atoms with E-state index in [1.165, 1.54) is 4.68 Å². The lowest BCUT2D eigenvalue weighted by atomic mass is 10.0. The maximum absolute atomic E-state index is 13.2. The van der Waals surface area contributed by atoms with E-state index in [2.05, 4.69) is 0 Å². The Morgan fingerprint density at radius 3 is 2.50 bits per heavy atom. The van der Waals surface area contributed by atoms with E-state index >= 15 is 0 Å². The molecule has 7 heteroatoms. The standard InChI is InChI=1S/C25H28ClN3O3/c1-25(2,3)32-24(31)28-14-6-7-19(28)16-29-23(30)21-9-5-4-8-20(21)22(27-29)15-17-10-12-18(26)13-11-17/h4-5,8-13,19H,6-7,14-16H2,1-3H3. The molecule has 4 rings (SSSR count). The van der Waals surface area contributed by atoms with Crippen molar-refractivity contribution in [1.29, 1.82) is 0 Å². The number of ether oxygens (including phenoxy) is 1. The second-order valence-corrected chi connectivity index (χ2v) is 9.69. The van der Waals surface area contributed by atoms with E-state index in [9.17, 15) is 9.59 Å². The highest BCUT2D eigenvalue weighted by molar-refractivity contribution is 6.30. The van der Waals surface area contributed by atoms with Gasteiger partial charge in [-0.2, -0.15) is 5.10 Å². The van der Waals surface area contributed by atoms with Gasteiger partial charge in [-0.3, -0.25) is 4.79 Å². The minimum atomic E-state index is -0.561. The monoisotopic (exact) mass is 453 g/mol. The first-order valence-electron chi connectivity index (χ1n) is 10.9. The minimum Gasteiger partial charge on any atom is -0.444 e. The third-order valence-electron chi connectivity index (χ3n) is 5.62. The zero-order valence-corrected chi connectivity index (χ0v) is 19.4. The van der Waals surface area contributed by atoms with Gasteiger partial charge in [0.15, 0.2) is 0 Å². The molecule has 2 aromatic carbocycles. The molecule has 0 aliphatic carbocycles. The van der Waals surface area contributed by atoms with Crippen molar-refractivity contribution in [3.05, 3.63) is 75.2 Å². The van der Waals surface area contributed by atoms with Crippen molar-refractivity contribution in [2.75, 3.05) is 6.54 Å². The van der Waals surface area contributed by atoms with Gasteiger partial charge in [0, 0.05) is 23.4 Å². The van der Waals surface area contributed by atoms with Crippen LogP contribution in [0.15, 0.2) is 53.3 Å². The molecule has 1 saturated heterocycles. The van der Waals surface area contributed by atoms with Crippen LogP contribution in [-0.4, -0.2) is 39.0 Å². The van der Waals surface area contributed by atoms with Crippen LogP contribution in [0.3, 0.4) is 0 Å². The molecular formula is C25H28ClN3O3. The highest BCUT2D eigenvalue weighted by Crippen LogP contribution is 2.23. The number of fused-ring (bicyclic) bond motifs is 1. The van der Waals surface area contributed by atoms with Crippen molar-refractivity contribution >= 4 is 28.5 Å². The number of carbonyl (C=O) groups excluding carboxylic acids is 1. The van der Waals surface area contributed by atoms with E-state index in [0.717, 1.165) is 29.5 Å². The van der Waals surface area contributed by atoms with Gasteiger partial charge in [-0.1, -0.05) is 41.9 Å². The number of benzene rings is 2. The quantitative estimate of drug-likeness (QED) is 0.555. The molecule has 2 heterocycles. The zero-order valence-electron chi connectivity index (χ0n) is 18.7. The van der Waals surface area contributed by atoms with Gasteiger partial charge in [-0.25, -0.2) is 9.48 Å². The first-order valence-corrected chi connectivity index (χ1v) is 11.3. The summed E-state index contributed by atoms with van der Waals surface area (Å²) in [6, 6.07) is 15.1. The molecule has 32 heavy (non-hydrogen) atoms. The minimum absolute atomic E-state index is 0.125. The van der Waals surface area contributed by atoms with E-state index in [1.807, 2.05) is 69.3 Å². The molecule has 1 aliphatic rings. The summed E-state index contributed by atoms with van der Waals surface area (Å²) in [4.78, 5) is 27.6. The van der Waals surface area contributed by atoms with Crippen LogP contribution in [0.1, 0.15) is 44.9 Å². The number of carbonyl (C=O) groups is 1. The highest BCUT2D eigenvalue weighted by atomic mass is 35.5.